The molecule has 0 unspecified atom stereocenters. The quantitative estimate of drug-likeness (QED) is 0.131. The second-order valence-corrected chi connectivity index (χ2v) is 6.43. The van der Waals surface area contributed by atoms with E-state index < -0.39 is 34.7 Å². The van der Waals surface area contributed by atoms with Crippen molar-refractivity contribution in [2.75, 3.05) is 13.2 Å². The van der Waals surface area contributed by atoms with E-state index in [1.165, 1.54) is 24.3 Å². The van der Waals surface area contributed by atoms with Crippen molar-refractivity contribution in [3.05, 3.63) is 75.8 Å². The normalized spacial score (nSPS) is 9.88. The summed E-state index contributed by atoms with van der Waals surface area (Å²) in [6, 6.07) is 14.1. The summed E-state index contributed by atoms with van der Waals surface area (Å²) in [5, 5.41) is 13.1. The standard InChI is InChI=1S/C21H20N4O7/c22-24-18(12-21(28)32-13-15-6-8-16(9-7-15)25(29)30)19(26)10-11-23-20(27)14-31-17-4-2-1-3-5-17/h1-9H,10-14H2,(H,23,27). The van der Waals surface area contributed by atoms with Crippen LogP contribution in [-0.4, -0.2) is 46.2 Å². The highest BCUT2D eigenvalue weighted by Gasteiger charge is 2.24. The van der Waals surface area contributed by atoms with Crippen LogP contribution in [0.4, 0.5) is 5.69 Å². The van der Waals surface area contributed by atoms with Crippen LogP contribution in [0.5, 0.6) is 5.75 Å². The maximum absolute atomic E-state index is 12.1. The molecule has 0 spiro atoms. The molecule has 166 valence electrons. The van der Waals surface area contributed by atoms with Crippen molar-refractivity contribution < 1.29 is 33.6 Å². The number of ketones is 1. The van der Waals surface area contributed by atoms with Crippen LogP contribution in [0.15, 0.2) is 54.6 Å². The molecule has 0 bridgehead atoms. The molecule has 0 aliphatic carbocycles. The maximum Gasteiger partial charge on any atom is 0.345 e. The van der Waals surface area contributed by atoms with Gasteiger partial charge in [-0.2, -0.15) is 4.79 Å². The second-order valence-electron chi connectivity index (χ2n) is 6.43. The van der Waals surface area contributed by atoms with Crippen molar-refractivity contribution in [2.45, 2.75) is 19.4 Å². The number of hydrogen-bond acceptors (Lipinski definition) is 7. The number of nitro benzene ring substituents is 1. The number of esters is 1. The minimum atomic E-state index is -0.815. The molecule has 1 N–H and O–H groups in total. The first-order valence-electron chi connectivity index (χ1n) is 9.46. The van der Waals surface area contributed by atoms with Crippen molar-refractivity contribution in [2.24, 2.45) is 0 Å². The van der Waals surface area contributed by atoms with Gasteiger partial charge in [0, 0.05) is 25.1 Å². The van der Waals surface area contributed by atoms with E-state index in [2.05, 4.69) is 10.1 Å². The third-order valence-electron chi connectivity index (χ3n) is 4.09. The Kier molecular flexibility index (Phi) is 9.23. The SMILES string of the molecule is [N-]=[N+]=C(CC(=O)OCc1ccc([N+](=O)[O-])cc1)C(=O)CCNC(=O)COc1ccccc1. The van der Waals surface area contributed by atoms with Crippen LogP contribution >= 0.6 is 0 Å². The number of Topliss-reactive ketones (excluding diaryl/α,β-unsaturated/α-hetero) is 1. The molecule has 2 aromatic carbocycles. The van der Waals surface area contributed by atoms with Crippen molar-refractivity contribution in [3.63, 3.8) is 0 Å². The van der Waals surface area contributed by atoms with Crippen LogP contribution in [0, 0.1) is 10.1 Å². The second kappa shape index (κ2) is 12.4. The zero-order valence-corrected chi connectivity index (χ0v) is 16.9. The Labute approximate surface area is 182 Å². The summed E-state index contributed by atoms with van der Waals surface area (Å²) in [5.74, 6) is -1.36. The van der Waals surface area contributed by atoms with Crippen molar-refractivity contribution in [1.82, 2.24) is 5.32 Å². The van der Waals surface area contributed by atoms with Crippen LogP contribution in [0.25, 0.3) is 5.53 Å². The highest BCUT2D eigenvalue weighted by Crippen LogP contribution is 2.13. The first kappa shape index (κ1) is 23.9. The minimum absolute atomic E-state index is 0.0350. The Morgan fingerprint density at radius 1 is 1.06 bits per heavy atom. The summed E-state index contributed by atoms with van der Waals surface area (Å²) in [6.45, 7) is -0.429. The fraction of sp³-hybridized carbons (Fsp3) is 0.238. The van der Waals surface area contributed by atoms with Crippen LogP contribution in [0.3, 0.4) is 0 Å². The fourth-order valence-electron chi connectivity index (χ4n) is 2.43. The number of carbonyl (C=O) groups excluding carboxylic acids is 3. The lowest BCUT2D eigenvalue weighted by atomic mass is 10.1. The number of hydrogen-bond donors (Lipinski definition) is 1. The number of nitrogens with one attached hydrogen (secondary N) is 1. The van der Waals surface area contributed by atoms with Gasteiger partial charge < -0.3 is 20.3 Å². The molecule has 0 aliphatic heterocycles. The van der Waals surface area contributed by atoms with Crippen molar-refractivity contribution in [1.29, 1.82) is 0 Å². The summed E-state index contributed by atoms with van der Waals surface area (Å²) < 4.78 is 10.3. The average molecular weight is 440 g/mol. The number of nitro groups is 1. The largest absolute Gasteiger partial charge is 0.484 e. The van der Waals surface area contributed by atoms with Crippen molar-refractivity contribution in [3.8, 4) is 5.75 Å². The van der Waals surface area contributed by atoms with Gasteiger partial charge in [-0.05, 0) is 29.8 Å². The first-order chi connectivity index (χ1) is 15.4. The summed E-state index contributed by atoms with van der Waals surface area (Å²) in [6.07, 6.45) is -0.751. The molecule has 32 heavy (non-hydrogen) atoms. The smallest absolute Gasteiger partial charge is 0.345 e. The predicted octanol–water partition coefficient (Wildman–Crippen LogP) is 1.85. The Morgan fingerprint density at radius 2 is 1.75 bits per heavy atom. The number of benzene rings is 2. The summed E-state index contributed by atoms with van der Waals surface area (Å²) >= 11 is 0. The van der Waals surface area contributed by atoms with Crippen LogP contribution < -0.4 is 10.1 Å². The Bertz CT molecular complexity index is 1020. The zero-order chi connectivity index (χ0) is 23.3. The third kappa shape index (κ3) is 8.17. The van der Waals surface area contributed by atoms with Crippen molar-refractivity contribution >= 4 is 29.1 Å². The third-order valence-corrected chi connectivity index (χ3v) is 4.09. The summed E-state index contributed by atoms with van der Waals surface area (Å²) in [5.41, 5.74) is 9.03. The van der Waals surface area contributed by atoms with E-state index in [0.29, 0.717) is 11.3 Å². The monoisotopic (exact) mass is 440 g/mol. The molecule has 2 aromatic rings. The number of amides is 1. The van der Waals surface area contributed by atoms with Gasteiger partial charge in [-0.15, -0.1) is 0 Å². The maximum atomic E-state index is 12.1. The van der Waals surface area contributed by atoms with E-state index in [-0.39, 0.29) is 31.9 Å². The average Bonchev–Trinajstić information content (AvgIpc) is 2.80. The van der Waals surface area contributed by atoms with E-state index in [1.54, 1.807) is 24.3 Å². The molecule has 0 fully saturated rings. The number of nitrogens with zero attached hydrogens (tertiary/aromatic N) is 3. The molecule has 0 aromatic heterocycles. The van der Waals surface area contributed by atoms with Crippen LogP contribution in [0.1, 0.15) is 18.4 Å². The van der Waals surface area contributed by atoms with E-state index in [4.69, 9.17) is 15.0 Å². The molecule has 0 aliphatic rings. The predicted molar refractivity (Wildman–Crippen MR) is 111 cm³/mol. The van der Waals surface area contributed by atoms with Crippen LogP contribution in [-0.2, 0) is 25.7 Å². The summed E-state index contributed by atoms with van der Waals surface area (Å²) in [4.78, 5) is 48.7. The molecular weight excluding hydrogens is 420 g/mol. The van der Waals surface area contributed by atoms with Gasteiger partial charge in [0.05, 0.1) is 4.92 Å². The van der Waals surface area contributed by atoms with E-state index in [1.807, 2.05) is 6.07 Å². The molecular formula is C21H20N4O7. The first-order valence-corrected chi connectivity index (χ1v) is 9.46. The van der Waals surface area contributed by atoms with Gasteiger partial charge in [-0.3, -0.25) is 24.5 Å². The van der Waals surface area contributed by atoms with Gasteiger partial charge in [0.1, 0.15) is 12.4 Å². The van der Waals surface area contributed by atoms with Gasteiger partial charge in [0.25, 0.3) is 11.6 Å². The van der Waals surface area contributed by atoms with Gasteiger partial charge in [-0.1, -0.05) is 18.2 Å². The van der Waals surface area contributed by atoms with E-state index in [0.717, 1.165) is 0 Å². The Hall–Kier alpha value is -4.37. The molecule has 0 saturated heterocycles. The number of carbonyl (C=O) groups is 3. The minimum Gasteiger partial charge on any atom is -0.484 e. The lowest BCUT2D eigenvalue weighted by Gasteiger charge is -2.06. The summed E-state index contributed by atoms with van der Waals surface area (Å²) in [7, 11) is 0. The molecule has 0 atom stereocenters. The Balaban J connectivity index is 1.70. The van der Waals surface area contributed by atoms with Gasteiger partial charge >= 0.3 is 11.7 Å². The Morgan fingerprint density at radius 3 is 2.38 bits per heavy atom. The molecule has 2 rings (SSSR count). The molecule has 0 radical (unpaired) electrons. The molecule has 0 heterocycles. The number of rotatable bonds is 12. The van der Waals surface area contributed by atoms with E-state index in [9.17, 15) is 24.5 Å². The molecule has 0 saturated carbocycles. The lowest BCUT2D eigenvalue weighted by molar-refractivity contribution is -0.384. The van der Waals surface area contributed by atoms with Crippen LogP contribution in [0.2, 0.25) is 0 Å². The molecule has 11 nitrogen and oxygen atoms in total. The molecule has 11 heteroatoms. The fourth-order valence-corrected chi connectivity index (χ4v) is 2.43. The number of non-ortho nitro benzene ring substituents is 1. The van der Waals surface area contributed by atoms with Gasteiger partial charge in [0.2, 0.25) is 5.78 Å². The highest BCUT2D eigenvalue weighted by atomic mass is 16.6. The number of ether oxygens (including phenoxy) is 2. The van der Waals surface area contributed by atoms with Gasteiger partial charge in [-0.25, -0.2) is 0 Å². The lowest BCUT2D eigenvalue weighted by Crippen LogP contribution is -2.32. The molecule has 1 amide bonds. The highest BCUT2D eigenvalue weighted by molar-refractivity contribution is 6.40. The zero-order valence-electron chi connectivity index (χ0n) is 16.9. The number of para-hydroxylation sites is 1. The van der Waals surface area contributed by atoms with Gasteiger partial charge in [0.15, 0.2) is 13.0 Å². The van der Waals surface area contributed by atoms with E-state index >= 15 is 0 Å². The topological polar surface area (TPSA) is 161 Å².